The zero-order chi connectivity index (χ0) is 27.0. The van der Waals surface area contributed by atoms with E-state index in [1.807, 2.05) is 12.1 Å². The molecule has 2 fully saturated rings. The van der Waals surface area contributed by atoms with Gasteiger partial charge in [-0.15, -0.1) is 0 Å². The lowest BCUT2D eigenvalue weighted by Crippen LogP contribution is -2.53. The van der Waals surface area contributed by atoms with Crippen LogP contribution in [0.2, 0.25) is 0 Å². The number of pyridine rings is 1. The minimum absolute atomic E-state index is 0.0123. The van der Waals surface area contributed by atoms with Gasteiger partial charge in [0.15, 0.2) is 0 Å². The van der Waals surface area contributed by atoms with Crippen molar-refractivity contribution in [3.8, 4) is 0 Å². The van der Waals surface area contributed by atoms with Gasteiger partial charge in [0, 0.05) is 12.3 Å². The van der Waals surface area contributed by atoms with Crippen LogP contribution in [0.3, 0.4) is 0 Å². The first-order valence-corrected chi connectivity index (χ1v) is 13.5. The number of carboxylic acid groups (broad SMARTS) is 1. The highest BCUT2D eigenvalue weighted by molar-refractivity contribution is 5.82. The molecule has 4 rings (SSSR count). The predicted octanol–water partition coefficient (Wildman–Crippen LogP) is 7.14. The largest absolute Gasteiger partial charge is 0.481 e. The Labute approximate surface area is 216 Å². The smallest absolute Gasteiger partial charge is 0.417 e. The number of aromatic nitrogens is 1. The first-order valence-electron chi connectivity index (χ1n) is 13.5. The van der Waals surface area contributed by atoms with Gasteiger partial charge >= 0.3 is 12.1 Å². The number of rotatable bonds is 7. The molecule has 4 atom stereocenters. The molecule has 0 aliphatic heterocycles. The van der Waals surface area contributed by atoms with Crippen LogP contribution in [0, 0.1) is 29.6 Å². The molecule has 1 aromatic heterocycles. The van der Waals surface area contributed by atoms with Crippen LogP contribution in [0.1, 0.15) is 82.4 Å². The van der Waals surface area contributed by atoms with E-state index in [-0.39, 0.29) is 18.4 Å². The summed E-state index contributed by atoms with van der Waals surface area (Å²) < 4.78 is 40.6. The van der Waals surface area contributed by atoms with Gasteiger partial charge in [-0.2, -0.15) is 13.2 Å². The molecule has 202 valence electrons. The van der Waals surface area contributed by atoms with Crippen molar-refractivity contribution < 1.29 is 23.1 Å². The summed E-state index contributed by atoms with van der Waals surface area (Å²) in [4.78, 5) is 25.6. The van der Waals surface area contributed by atoms with Gasteiger partial charge < -0.3 is 9.67 Å². The van der Waals surface area contributed by atoms with Gasteiger partial charge in [-0.3, -0.25) is 9.59 Å². The monoisotopic (exact) mass is 517 g/mol. The van der Waals surface area contributed by atoms with Gasteiger partial charge in [-0.25, -0.2) is 0 Å². The summed E-state index contributed by atoms with van der Waals surface area (Å²) in [5.41, 5.74) is -0.934. The van der Waals surface area contributed by atoms with Crippen molar-refractivity contribution in [2.24, 2.45) is 29.6 Å². The van der Waals surface area contributed by atoms with E-state index in [4.69, 9.17) is 0 Å². The topological polar surface area (TPSA) is 59.3 Å². The summed E-state index contributed by atoms with van der Waals surface area (Å²) in [7, 11) is 0. The zero-order valence-corrected chi connectivity index (χ0v) is 21.9. The number of benzene rings is 1. The third-order valence-electron chi connectivity index (χ3n) is 9.06. The van der Waals surface area contributed by atoms with Crippen molar-refractivity contribution in [2.45, 2.75) is 83.9 Å². The Morgan fingerprint density at radius 1 is 1.00 bits per heavy atom. The first kappa shape index (κ1) is 27.5. The second-order valence-electron chi connectivity index (χ2n) is 11.7. The molecule has 7 heteroatoms. The standard InChI is InChI=1S/C30H38F3NO3/c1-19(2)25-14-8-20(3)16-26(25)29(28(36)37,22-6-4-5-7-22)23-11-9-21(10-12-23)17-34-18-24(30(31,32)33)13-15-27(34)35/h9-13,15,18-20,22,25-26H,4-8,14,16-17H2,1-3H3,(H,36,37)/t20-,25+,26-,29-/m1/s1. The summed E-state index contributed by atoms with van der Waals surface area (Å²) in [6.07, 6.45) is 3.18. The molecule has 1 N–H and O–H groups in total. The second kappa shape index (κ2) is 10.7. The summed E-state index contributed by atoms with van der Waals surface area (Å²) >= 11 is 0. The quantitative estimate of drug-likeness (QED) is 0.425. The van der Waals surface area contributed by atoms with Crippen molar-refractivity contribution in [1.29, 1.82) is 0 Å². The van der Waals surface area contributed by atoms with E-state index in [9.17, 15) is 27.9 Å². The van der Waals surface area contributed by atoms with Gasteiger partial charge in [0.25, 0.3) is 5.56 Å². The molecule has 0 unspecified atom stereocenters. The van der Waals surface area contributed by atoms with E-state index in [0.717, 1.165) is 73.4 Å². The Kier molecular flexibility index (Phi) is 7.91. The van der Waals surface area contributed by atoms with Crippen molar-refractivity contribution in [3.05, 3.63) is 69.6 Å². The van der Waals surface area contributed by atoms with E-state index in [1.54, 1.807) is 12.1 Å². The minimum atomic E-state index is -4.54. The third kappa shape index (κ3) is 5.37. The van der Waals surface area contributed by atoms with Gasteiger partial charge in [0.05, 0.1) is 17.5 Å². The van der Waals surface area contributed by atoms with Crippen LogP contribution in [0.15, 0.2) is 47.4 Å². The predicted molar refractivity (Wildman–Crippen MR) is 137 cm³/mol. The maximum atomic E-state index is 13.4. The number of hydrogen-bond donors (Lipinski definition) is 1. The lowest BCUT2D eigenvalue weighted by atomic mass is 9.52. The molecule has 37 heavy (non-hydrogen) atoms. The number of halogens is 3. The molecule has 0 amide bonds. The highest BCUT2D eigenvalue weighted by atomic mass is 19.4. The molecule has 0 bridgehead atoms. The number of nitrogens with zero attached hydrogens (tertiary/aromatic N) is 1. The van der Waals surface area contributed by atoms with Gasteiger partial charge in [-0.05, 0) is 72.5 Å². The van der Waals surface area contributed by atoms with Crippen LogP contribution < -0.4 is 5.56 Å². The molecule has 2 aliphatic rings. The SMILES string of the molecule is CC(C)[C@@H]1CC[C@@H](C)C[C@H]1[C@](C(=O)O)(c1ccc(Cn2cc(C(F)(F)F)ccc2=O)cc1)C1CCCC1. The fraction of sp³-hybridized carbons (Fsp3) is 0.600. The van der Waals surface area contributed by atoms with Crippen LogP contribution in [-0.2, 0) is 22.9 Å². The Morgan fingerprint density at radius 3 is 2.19 bits per heavy atom. The summed E-state index contributed by atoms with van der Waals surface area (Å²) in [6.45, 7) is 6.61. The third-order valence-corrected chi connectivity index (χ3v) is 9.06. The summed E-state index contributed by atoms with van der Waals surface area (Å²) in [6, 6.07) is 9.01. The maximum Gasteiger partial charge on any atom is 0.417 e. The van der Waals surface area contributed by atoms with Gasteiger partial charge in [-0.1, -0.05) is 64.3 Å². The van der Waals surface area contributed by atoms with E-state index in [1.165, 1.54) is 0 Å². The maximum absolute atomic E-state index is 13.4. The number of hydrogen-bond acceptors (Lipinski definition) is 2. The fourth-order valence-corrected chi connectivity index (χ4v) is 7.22. The van der Waals surface area contributed by atoms with E-state index < -0.39 is 28.7 Å². The average molecular weight is 518 g/mol. The number of carbonyl (C=O) groups is 1. The average Bonchev–Trinajstić information content (AvgIpc) is 3.36. The molecule has 4 nitrogen and oxygen atoms in total. The van der Waals surface area contributed by atoms with Crippen molar-refractivity contribution in [1.82, 2.24) is 4.57 Å². The molecule has 1 aromatic carbocycles. The van der Waals surface area contributed by atoms with Crippen molar-refractivity contribution in [2.75, 3.05) is 0 Å². The fourth-order valence-electron chi connectivity index (χ4n) is 7.22. The zero-order valence-electron chi connectivity index (χ0n) is 21.9. The van der Waals surface area contributed by atoms with E-state index in [2.05, 4.69) is 20.8 Å². The van der Waals surface area contributed by atoms with Crippen LogP contribution in [0.25, 0.3) is 0 Å². The molecule has 1 heterocycles. The second-order valence-corrected chi connectivity index (χ2v) is 11.7. The Bertz CT molecular complexity index is 1150. The van der Waals surface area contributed by atoms with Crippen LogP contribution in [-0.4, -0.2) is 15.6 Å². The Hall–Kier alpha value is -2.57. The van der Waals surface area contributed by atoms with Gasteiger partial charge in [0.1, 0.15) is 0 Å². The molecule has 2 aliphatic carbocycles. The first-order chi connectivity index (χ1) is 17.4. The lowest BCUT2D eigenvalue weighted by molar-refractivity contribution is -0.153. The van der Waals surface area contributed by atoms with Crippen molar-refractivity contribution >= 4 is 5.97 Å². The lowest BCUT2D eigenvalue weighted by Gasteiger charge is -2.50. The number of alkyl halides is 3. The minimum Gasteiger partial charge on any atom is -0.481 e. The van der Waals surface area contributed by atoms with E-state index in [0.29, 0.717) is 23.3 Å². The van der Waals surface area contributed by atoms with Gasteiger partial charge in [0.2, 0.25) is 0 Å². The molecular weight excluding hydrogens is 479 g/mol. The molecule has 2 saturated carbocycles. The number of aliphatic carboxylic acids is 1. The van der Waals surface area contributed by atoms with Crippen LogP contribution in [0.5, 0.6) is 0 Å². The molecular formula is C30H38F3NO3. The normalized spacial score (nSPS) is 24.8. The van der Waals surface area contributed by atoms with E-state index >= 15 is 0 Å². The highest BCUT2D eigenvalue weighted by Crippen LogP contribution is 2.55. The molecule has 0 saturated heterocycles. The Balaban J connectivity index is 1.75. The van der Waals surface area contributed by atoms with Crippen LogP contribution >= 0.6 is 0 Å². The highest BCUT2D eigenvalue weighted by Gasteiger charge is 2.56. The molecule has 0 spiro atoms. The number of carboxylic acids is 1. The summed E-state index contributed by atoms with van der Waals surface area (Å²) in [5.74, 6) is 0.478. The Morgan fingerprint density at radius 2 is 1.62 bits per heavy atom. The summed E-state index contributed by atoms with van der Waals surface area (Å²) in [5, 5.41) is 11.0. The molecule has 2 aromatic rings. The molecule has 0 radical (unpaired) electrons. The van der Waals surface area contributed by atoms with Crippen molar-refractivity contribution in [3.63, 3.8) is 0 Å². The van der Waals surface area contributed by atoms with Crippen LogP contribution in [0.4, 0.5) is 13.2 Å².